The topological polar surface area (TPSA) is 26.7 Å². The molecule has 0 aliphatic carbocycles. The first-order valence-corrected chi connectivity index (χ1v) is 9.31. The number of β-amino-alcohol motifs (C(OH)–C–C–N with tert-alkyl or cyclic N) is 1. The summed E-state index contributed by atoms with van der Waals surface area (Å²) in [6.45, 7) is 7.20. The third-order valence-electron chi connectivity index (χ3n) is 5.12. The van der Waals surface area contributed by atoms with E-state index in [-0.39, 0.29) is 6.10 Å². The lowest BCUT2D eigenvalue weighted by Crippen LogP contribution is -2.47. The van der Waals surface area contributed by atoms with Crippen molar-refractivity contribution in [3.8, 4) is 0 Å². The summed E-state index contributed by atoms with van der Waals surface area (Å²) in [4.78, 5) is 4.73. The second kappa shape index (κ2) is 8.61. The Morgan fingerprint density at radius 3 is 2.40 bits per heavy atom. The number of aryl methyl sites for hydroxylation is 1. The Hall–Kier alpha value is -1.68. The van der Waals surface area contributed by atoms with E-state index in [1.54, 1.807) is 0 Å². The molecule has 1 aliphatic heterocycles. The SMILES string of the molecule is Cc1ccc(CC(O)CN2CCN(C)CC2)c(Cc2ccccc2)c1. The highest BCUT2D eigenvalue weighted by Gasteiger charge is 2.18. The van der Waals surface area contributed by atoms with Gasteiger partial charge in [-0.05, 0) is 43.5 Å². The molecule has 3 heteroatoms. The fraction of sp³-hybridized carbons (Fsp3) is 0.455. The molecular formula is C22H30N2O. The number of benzene rings is 2. The van der Waals surface area contributed by atoms with Crippen LogP contribution < -0.4 is 0 Å². The first-order chi connectivity index (χ1) is 12.1. The fourth-order valence-electron chi connectivity index (χ4n) is 3.58. The van der Waals surface area contributed by atoms with Gasteiger partial charge >= 0.3 is 0 Å². The van der Waals surface area contributed by atoms with Crippen molar-refractivity contribution in [2.24, 2.45) is 0 Å². The van der Waals surface area contributed by atoms with Crippen molar-refractivity contribution in [1.29, 1.82) is 0 Å². The van der Waals surface area contributed by atoms with Gasteiger partial charge in [-0.25, -0.2) is 0 Å². The maximum absolute atomic E-state index is 10.6. The van der Waals surface area contributed by atoms with Gasteiger partial charge in [0.25, 0.3) is 0 Å². The number of aliphatic hydroxyl groups excluding tert-OH is 1. The van der Waals surface area contributed by atoms with Crippen LogP contribution >= 0.6 is 0 Å². The van der Waals surface area contributed by atoms with Gasteiger partial charge in [-0.1, -0.05) is 54.1 Å². The Morgan fingerprint density at radius 2 is 1.68 bits per heavy atom. The molecule has 2 aromatic carbocycles. The van der Waals surface area contributed by atoms with Gasteiger partial charge in [-0.2, -0.15) is 0 Å². The van der Waals surface area contributed by atoms with E-state index in [1.165, 1.54) is 22.3 Å². The highest BCUT2D eigenvalue weighted by molar-refractivity contribution is 5.36. The second-order valence-corrected chi connectivity index (χ2v) is 7.40. The van der Waals surface area contributed by atoms with Gasteiger partial charge in [-0.15, -0.1) is 0 Å². The van der Waals surface area contributed by atoms with E-state index in [1.807, 2.05) is 0 Å². The van der Waals surface area contributed by atoms with Crippen molar-refractivity contribution in [3.63, 3.8) is 0 Å². The van der Waals surface area contributed by atoms with Gasteiger partial charge in [0.2, 0.25) is 0 Å². The van der Waals surface area contributed by atoms with E-state index in [2.05, 4.69) is 72.3 Å². The number of piperazine rings is 1. The van der Waals surface area contributed by atoms with Crippen LogP contribution in [0.4, 0.5) is 0 Å². The van der Waals surface area contributed by atoms with Gasteiger partial charge in [0.15, 0.2) is 0 Å². The molecule has 1 unspecified atom stereocenters. The van der Waals surface area contributed by atoms with Gasteiger partial charge in [-0.3, -0.25) is 4.90 Å². The van der Waals surface area contributed by atoms with Crippen molar-refractivity contribution < 1.29 is 5.11 Å². The van der Waals surface area contributed by atoms with Gasteiger partial charge in [0.1, 0.15) is 0 Å². The summed E-state index contributed by atoms with van der Waals surface area (Å²) in [5, 5.41) is 10.6. The predicted molar refractivity (Wildman–Crippen MR) is 104 cm³/mol. The lowest BCUT2D eigenvalue weighted by Gasteiger charge is -2.33. The van der Waals surface area contributed by atoms with Crippen LogP contribution in [-0.2, 0) is 12.8 Å². The average Bonchev–Trinajstić information content (AvgIpc) is 2.60. The van der Waals surface area contributed by atoms with E-state index < -0.39 is 0 Å². The van der Waals surface area contributed by atoms with Crippen molar-refractivity contribution in [3.05, 3.63) is 70.8 Å². The van der Waals surface area contributed by atoms with Crippen LogP contribution in [0.15, 0.2) is 48.5 Å². The third-order valence-corrected chi connectivity index (χ3v) is 5.12. The van der Waals surface area contributed by atoms with Crippen LogP contribution in [0.3, 0.4) is 0 Å². The molecule has 0 bridgehead atoms. The van der Waals surface area contributed by atoms with Crippen LogP contribution in [0, 0.1) is 6.92 Å². The summed E-state index contributed by atoms with van der Waals surface area (Å²) in [6, 6.07) is 17.2. The highest BCUT2D eigenvalue weighted by atomic mass is 16.3. The fourth-order valence-corrected chi connectivity index (χ4v) is 3.58. The van der Waals surface area contributed by atoms with Crippen LogP contribution in [0.5, 0.6) is 0 Å². The zero-order chi connectivity index (χ0) is 17.6. The number of rotatable bonds is 6. The molecule has 3 rings (SSSR count). The molecule has 1 N–H and O–H groups in total. The first-order valence-electron chi connectivity index (χ1n) is 9.31. The number of hydrogen-bond donors (Lipinski definition) is 1. The minimum atomic E-state index is -0.305. The summed E-state index contributed by atoms with van der Waals surface area (Å²) in [7, 11) is 2.16. The van der Waals surface area contributed by atoms with Crippen LogP contribution in [0.2, 0.25) is 0 Å². The molecule has 25 heavy (non-hydrogen) atoms. The Bertz CT molecular complexity index is 663. The third kappa shape index (κ3) is 5.40. The zero-order valence-corrected chi connectivity index (χ0v) is 15.5. The molecule has 1 atom stereocenters. The highest BCUT2D eigenvalue weighted by Crippen LogP contribution is 2.18. The standard InChI is InChI=1S/C22H30N2O/c1-18-8-9-20(21(14-18)15-19-6-4-3-5-7-19)16-22(25)17-24-12-10-23(2)11-13-24/h3-9,14,22,25H,10-13,15-17H2,1-2H3. The number of likely N-dealkylation sites (N-methyl/N-ethyl adjacent to an activating group) is 1. The van der Waals surface area contributed by atoms with E-state index in [4.69, 9.17) is 0 Å². The molecule has 0 amide bonds. The molecule has 1 aliphatic rings. The average molecular weight is 338 g/mol. The minimum absolute atomic E-state index is 0.305. The molecule has 134 valence electrons. The number of hydrogen-bond acceptors (Lipinski definition) is 3. The van der Waals surface area contributed by atoms with E-state index in [9.17, 15) is 5.11 Å². The maximum Gasteiger partial charge on any atom is 0.0707 e. The zero-order valence-electron chi connectivity index (χ0n) is 15.5. The minimum Gasteiger partial charge on any atom is -0.391 e. The van der Waals surface area contributed by atoms with Crippen LogP contribution in [0.25, 0.3) is 0 Å². The molecule has 0 radical (unpaired) electrons. The largest absolute Gasteiger partial charge is 0.391 e. The molecule has 1 saturated heterocycles. The summed E-state index contributed by atoms with van der Waals surface area (Å²) in [5.41, 5.74) is 5.21. The molecule has 1 heterocycles. The smallest absolute Gasteiger partial charge is 0.0707 e. The Balaban J connectivity index is 1.65. The van der Waals surface area contributed by atoms with Crippen molar-refractivity contribution in [1.82, 2.24) is 9.80 Å². The van der Waals surface area contributed by atoms with Crippen molar-refractivity contribution >= 4 is 0 Å². The first kappa shape index (κ1) is 18.1. The van der Waals surface area contributed by atoms with Gasteiger partial charge in [0.05, 0.1) is 6.10 Å². The van der Waals surface area contributed by atoms with E-state index >= 15 is 0 Å². The number of nitrogens with zero attached hydrogens (tertiary/aromatic N) is 2. The molecule has 2 aromatic rings. The number of aliphatic hydroxyl groups is 1. The second-order valence-electron chi connectivity index (χ2n) is 7.40. The normalized spacial score (nSPS) is 17.6. The Kier molecular flexibility index (Phi) is 6.24. The molecular weight excluding hydrogens is 308 g/mol. The molecule has 0 spiro atoms. The lowest BCUT2D eigenvalue weighted by atomic mass is 9.94. The quantitative estimate of drug-likeness (QED) is 0.877. The predicted octanol–water partition coefficient (Wildman–Crippen LogP) is 2.74. The van der Waals surface area contributed by atoms with E-state index in [0.29, 0.717) is 0 Å². The monoisotopic (exact) mass is 338 g/mol. The van der Waals surface area contributed by atoms with Crippen molar-refractivity contribution in [2.45, 2.75) is 25.9 Å². The molecule has 0 saturated carbocycles. The summed E-state index contributed by atoms with van der Waals surface area (Å²) in [6.07, 6.45) is 1.36. The van der Waals surface area contributed by atoms with Crippen LogP contribution in [-0.4, -0.2) is 60.8 Å². The van der Waals surface area contributed by atoms with E-state index in [0.717, 1.165) is 45.6 Å². The Morgan fingerprint density at radius 1 is 0.960 bits per heavy atom. The molecule has 1 fully saturated rings. The maximum atomic E-state index is 10.6. The summed E-state index contributed by atoms with van der Waals surface area (Å²) >= 11 is 0. The van der Waals surface area contributed by atoms with Gasteiger partial charge < -0.3 is 10.0 Å². The lowest BCUT2D eigenvalue weighted by molar-refractivity contribution is 0.0806. The summed E-state index contributed by atoms with van der Waals surface area (Å²) in [5.74, 6) is 0. The Labute approximate surface area is 151 Å². The van der Waals surface area contributed by atoms with Crippen molar-refractivity contribution in [2.75, 3.05) is 39.8 Å². The van der Waals surface area contributed by atoms with Crippen LogP contribution in [0.1, 0.15) is 22.3 Å². The molecule has 0 aromatic heterocycles. The summed E-state index contributed by atoms with van der Waals surface area (Å²) < 4.78 is 0. The van der Waals surface area contributed by atoms with Gasteiger partial charge in [0, 0.05) is 32.7 Å². The molecule has 3 nitrogen and oxygen atoms in total.